The zero-order valence-electron chi connectivity index (χ0n) is 16.6. The first-order chi connectivity index (χ1) is 14.3. The second kappa shape index (κ2) is 7.73. The smallest absolute Gasteiger partial charge is 0.203 e. The summed E-state index contributed by atoms with van der Waals surface area (Å²) < 4.78 is 7.35. The van der Waals surface area contributed by atoms with Crippen LogP contribution in [0.25, 0.3) is 5.65 Å². The number of rotatable bonds is 5. The molecule has 1 N–H and O–H groups in total. The highest BCUT2D eigenvalue weighted by Gasteiger charge is 2.31. The molecule has 1 atom stereocenters. The van der Waals surface area contributed by atoms with Crippen molar-refractivity contribution in [2.45, 2.75) is 38.3 Å². The van der Waals surface area contributed by atoms with E-state index in [4.69, 9.17) is 9.41 Å². The van der Waals surface area contributed by atoms with Gasteiger partial charge in [-0.3, -0.25) is 9.39 Å². The van der Waals surface area contributed by atoms with Gasteiger partial charge in [-0.05, 0) is 31.9 Å². The average molecular weight is 394 g/mol. The highest BCUT2D eigenvalue weighted by atomic mass is 16.3. The van der Waals surface area contributed by atoms with Crippen molar-refractivity contribution in [3.05, 3.63) is 42.9 Å². The Morgan fingerprint density at radius 1 is 1.34 bits per heavy atom. The van der Waals surface area contributed by atoms with E-state index in [1.807, 2.05) is 22.7 Å². The molecule has 9 nitrogen and oxygen atoms in total. The van der Waals surface area contributed by atoms with Gasteiger partial charge in [-0.2, -0.15) is 0 Å². The normalized spacial score (nSPS) is 20.4. The van der Waals surface area contributed by atoms with Crippen LogP contribution in [0, 0.1) is 0 Å². The maximum atomic E-state index is 5.43. The SMILES string of the molecule is CC1CN(C(=NCCc2ccco2)NC2CC2)CCN1c1nccn2cnnc12. The Kier molecular flexibility index (Phi) is 4.79. The number of nitrogens with zero attached hydrogens (tertiary/aromatic N) is 7. The maximum Gasteiger partial charge on any atom is 0.203 e. The fourth-order valence-electron chi connectivity index (χ4n) is 3.79. The van der Waals surface area contributed by atoms with Gasteiger partial charge in [0.05, 0.1) is 6.26 Å². The number of anilines is 1. The summed E-state index contributed by atoms with van der Waals surface area (Å²) in [5.41, 5.74) is 0.802. The van der Waals surface area contributed by atoms with Gasteiger partial charge in [0.15, 0.2) is 11.8 Å². The number of aromatic nitrogens is 4. The molecule has 2 aliphatic rings. The van der Waals surface area contributed by atoms with E-state index < -0.39 is 0 Å². The van der Waals surface area contributed by atoms with Crippen LogP contribution < -0.4 is 10.2 Å². The van der Waals surface area contributed by atoms with Crippen LogP contribution in [-0.2, 0) is 6.42 Å². The van der Waals surface area contributed by atoms with Crippen LogP contribution in [0.4, 0.5) is 5.82 Å². The number of nitrogens with one attached hydrogen (secondary N) is 1. The van der Waals surface area contributed by atoms with Gasteiger partial charge in [-0.1, -0.05) is 0 Å². The first-order valence-corrected chi connectivity index (χ1v) is 10.3. The fourth-order valence-corrected chi connectivity index (χ4v) is 3.79. The number of piperazine rings is 1. The fraction of sp³-hybridized carbons (Fsp3) is 0.500. The second-order valence-corrected chi connectivity index (χ2v) is 7.75. The van der Waals surface area contributed by atoms with E-state index in [1.54, 1.807) is 18.8 Å². The molecule has 0 amide bonds. The quantitative estimate of drug-likeness (QED) is 0.519. The summed E-state index contributed by atoms with van der Waals surface area (Å²) in [5, 5.41) is 11.9. The molecule has 1 unspecified atom stereocenters. The topological polar surface area (TPSA) is 87.1 Å². The maximum absolute atomic E-state index is 5.43. The molecule has 152 valence electrons. The Morgan fingerprint density at radius 2 is 2.28 bits per heavy atom. The van der Waals surface area contributed by atoms with E-state index in [9.17, 15) is 0 Å². The molecule has 1 saturated carbocycles. The summed E-state index contributed by atoms with van der Waals surface area (Å²) in [6, 6.07) is 4.78. The number of furan rings is 1. The first-order valence-electron chi connectivity index (χ1n) is 10.3. The van der Waals surface area contributed by atoms with Crippen molar-refractivity contribution in [1.82, 2.24) is 29.8 Å². The number of hydrogen-bond acceptors (Lipinski definition) is 6. The third kappa shape index (κ3) is 3.90. The highest BCUT2D eigenvalue weighted by molar-refractivity contribution is 5.81. The van der Waals surface area contributed by atoms with Crippen LogP contribution in [0.2, 0.25) is 0 Å². The Hall–Kier alpha value is -3.10. The Bertz CT molecular complexity index is 977. The average Bonchev–Trinajstić information content (AvgIpc) is 3.18. The molecule has 3 aromatic rings. The van der Waals surface area contributed by atoms with E-state index in [0.29, 0.717) is 6.04 Å². The summed E-state index contributed by atoms with van der Waals surface area (Å²) in [6.45, 7) is 5.59. The lowest BCUT2D eigenvalue weighted by atomic mass is 10.2. The molecule has 0 aromatic carbocycles. The molecule has 9 heteroatoms. The Balaban J connectivity index is 1.29. The lowest BCUT2D eigenvalue weighted by Crippen LogP contribution is -2.57. The monoisotopic (exact) mass is 394 g/mol. The van der Waals surface area contributed by atoms with E-state index in [1.165, 1.54) is 12.8 Å². The molecular weight excluding hydrogens is 368 g/mol. The molecule has 1 aliphatic heterocycles. The minimum atomic E-state index is 0.287. The van der Waals surface area contributed by atoms with Crippen molar-refractivity contribution in [2.24, 2.45) is 4.99 Å². The summed E-state index contributed by atoms with van der Waals surface area (Å²) in [7, 11) is 0. The number of aliphatic imine (C=N–C) groups is 1. The van der Waals surface area contributed by atoms with Crippen molar-refractivity contribution < 1.29 is 4.42 Å². The molecule has 1 saturated heterocycles. The van der Waals surface area contributed by atoms with Crippen molar-refractivity contribution in [1.29, 1.82) is 0 Å². The molecule has 4 heterocycles. The van der Waals surface area contributed by atoms with E-state index in [2.05, 4.69) is 37.2 Å². The zero-order chi connectivity index (χ0) is 19.6. The van der Waals surface area contributed by atoms with Gasteiger partial charge in [-0.25, -0.2) is 4.98 Å². The standard InChI is InChI=1S/C20H26N8O/c1-15-13-26(10-11-28(15)18-19-25-23-14-27(19)9-8-21-18)20(24-16-4-5-16)22-7-6-17-3-2-12-29-17/h2-3,8-9,12,14-16H,4-7,10-11,13H2,1H3,(H,22,24). The van der Waals surface area contributed by atoms with Crippen LogP contribution in [-0.4, -0.2) is 68.7 Å². The highest BCUT2D eigenvalue weighted by Crippen LogP contribution is 2.23. The molecule has 0 bridgehead atoms. The molecular formula is C20H26N8O. The molecule has 0 spiro atoms. The molecule has 5 rings (SSSR count). The van der Waals surface area contributed by atoms with Gasteiger partial charge in [0.1, 0.15) is 12.1 Å². The zero-order valence-corrected chi connectivity index (χ0v) is 16.6. The lowest BCUT2D eigenvalue weighted by molar-refractivity contribution is 0.326. The van der Waals surface area contributed by atoms with Crippen molar-refractivity contribution in [2.75, 3.05) is 31.1 Å². The minimum absolute atomic E-state index is 0.287. The van der Waals surface area contributed by atoms with Gasteiger partial charge in [0.2, 0.25) is 5.65 Å². The minimum Gasteiger partial charge on any atom is -0.469 e. The molecule has 29 heavy (non-hydrogen) atoms. The van der Waals surface area contributed by atoms with Crippen LogP contribution in [0.15, 0.2) is 46.5 Å². The second-order valence-electron chi connectivity index (χ2n) is 7.75. The van der Waals surface area contributed by atoms with Crippen molar-refractivity contribution in [3.63, 3.8) is 0 Å². The van der Waals surface area contributed by atoms with Gasteiger partial charge >= 0.3 is 0 Å². The number of fused-ring (bicyclic) bond motifs is 1. The Morgan fingerprint density at radius 3 is 3.07 bits per heavy atom. The molecule has 2 fully saturated rings. The Labute approximate surface area is 169 Å². The summed E-state index contributed by atoms with van der Waals surface area (Å²) >= 11 is 0. The largest absolute Gasteiger partial charge is 0.469 e. The first kappa shape index (κ1) is 18.0. The van der Waals surface area contributed by atoms with Crippen LogP contribution >= 0.6 is 0 Å². The van der Waals surface area contributed by atoms with Crippen LogP contribution in [0.5, 0.6) is 0 Å². The van der Waals surface area contributed by atoms with Crippen LogP contribution in [0.3, 0.4) is 0 Å². The molecule has 3 aromatic heterocycles. The number of hydrogen-bond donors (Lipinski definition) is 1. The van der Waals surface area contributed by atoms with E-state index in [-0.39, 0.29) is 6.04 Å². The summed E-state index contributed by atoms with van der Waals surface area (Å²) in [6.07, 6.45) is 10.4. The predicted octanol–water partition coefficient (Wildman–Crippen LogP) is 1.58. The predicted molar refractivity (Wildman–Crippen MR) is 110 cm³/mol. The van der Waals surface area contributed by atoms with Crippen molar-refractivity contribution in [3.8, 4) is 0 Å². The van der Waals surface area contributed by atoms with E-state index in [0.717, 1.165) is 55.8 Å². The van der Waals surface area contributed by atoms with Gasteiger partial charge in [0.25, 0.3) is 0 Å². The molecule has 1 aliphatic carbocycles. The third-order valence-corrected chi connectivity index (χ3v) is 5.51. The van der Waals surface area contributed by atoms with Gasteiger partial charge < -0.3 is 19.5 Å². The van der Waals surface area contributed by atoms with Crippen molar-refractivity contribution >= 4 is 17.4 Å². The third-order valence-electron chi connectivity index (χ3n) is 5.51. The van der Waals surface area contributed by atoms with Gasteiger partial charge in [0, 0.05) is 57.1 Å². The summed E-state index contributed by atoms with van der Waals surface area (Å²) in [4.78, 5) is 14.2. The lowest BCUT2D eigenvalue weighted by Gasteiger charge is -2.41. The summed E-state index contributed by atoms with van der Waals surface area (Å²) in [5.74, 6) is 2.88. The number of guanidine groups is 1. The molecule has 0 radical (unpaired) electrons. The van der Waals surface area contributed by atoms with Crippen LogP contribution in [0.1, 0.15) is 25.5 Å². The van der Waals surface area contributed by atoms with E-state index >= 15 is 0 Å². The van der Waals surface area contributed by atoms with Gasteiger partial charge in [-0.15, -0.1) is 10.2 Å².